The van der Waals surface area contributed by atoms with Crippen LogP contribution in [0.4, 0.5) is 0 Å². The Bertz CT molecular complexity index is 1770. The Balaban J connectivity index is 1.15. The summed E-state index contributed by atoms with van der Waals surface area (Å²) in [6, 6.07) is 5.89. The van der Waals surface area contributed by atoms with Crippen molar-refractivity contribution in [3.63, 3.8) is 0 Å². The van der Waals surface area contributed by atoms with Crippen molar-refractivity contribution in [2.45, 2.75) is 76.9 Å². The van der Waals surface area contributed by atoms with Crippen LogP contribution in [0.2, 0.25) is 5.02 Å². The number of benzene rings is 1. The van der Waals surface area contributed by atoms with Gasteiger partial charge in [-0.15, -0.1) is 0 Å². The summed E-state index contributed by atoms with van der Waals surface area (Å²) in [5.41, 5.74) is 6.99. The molecule has 3 aliphatic rings. The molecule has 1 aromatic carbocycles. The van der Waals surface area contributed by atoms with Gasteiger partial charge >= 0.3 is 5.69 Å². The second-order valence-corrected chi connectivity index (χ2v) is 13.0. The quantitative estimate of drug-likeness (QED) is 0.383. The topological polar surface area (TPSA) is 101 Å². The molecule has 3 aromatic heterocycles. The van der Waals surface area contributed by atoms with Gasteiger partial charge in [-0.2, -0.15) is 0 Å². The van der Waals surface area contributed by atoms with Crippen molar-refractivity contribution in [3.8, 4) is 0 Å². The molecule has 212 valence electrons. The Morgan fingerprint density at radius 2 is 1.98 bits per heavy atom. The number of piperidine rings is 1. The molecule has 6 heterocycles. The third-order valence-electron chi connectivity index (χ3n) is 8.99. The van der Waals surface area contributed by atoms with Crippen molar-refractivity contribution in [3.05, 3.63) is 79.9 Å². The molecule has 1 saturated heterocycles. The molecular formula is C31H34ClN7O2. The van der Waals surface area contributed by atoms with E-state index in [9.17, 15) is 9.59 Å². The summed E-state index contributed by atoms with van der Waals surface area (Å²) in [7, 11) is 0. The number of aromatic amines is 1. The van der Waals surface area contributed by atoms with E-state index in [1.807, 2.05) is 34.0 Å². The minimum absolute atomic E-state index is 0.0356. The minimum Gasteiger partial charge on any atom is -0.343 e. The van der Waals surface area contributed by atoms with Crippen LogP contribution in [0.15, 0.2) is 40.4 Å². The van der Waals surface area contributed by atoms with Gasteiger partial charge in [0.2, 0.25) is 5.91 Å². The van der Waals surface area contributed by atoms with Crippen molar-refractivity contribution in [1.82, 2.24) is 29.0 Å². The van der Waals surface area contributed by atoms with Gasteiger partial charge in [0.15, 0.2) is 5.65 Å². The van der Waals surface area contributed by atoms with E-state index in [2.05, 4.69) is 46.4 Å². The lowest BCUT2D eigenvalue weighted by Gasteiger charge is -2.33. The van der Waals surface area contributed by atoms with Gasteiger partial charge in [-0.3, -0.25) is 19.3 Å². The van der Waals surface area contributed by atoms with Crippen molar-refractivity contribution in [2.24, 2.45) is 4.99 Å². The number of halogens is 1. The molecule has 0 bridgehead atoms. The number of pyridine rings is 1. The maximum absolute atomic E-state index is 13.8. The van der Waals surface area contributed by atoms with Crippen LogP contribution < -0.4 is 5.69 Å². The van der Waals surface area contributed by atoms with Crippen LogP contribution in [0.3, 0.4) is 0 Å². The predicted molar refractivity (Wildman–Crippen MR) is 159 cm³/mol. The summed E-state index contributed by atoms with van der Waals surface area (Å²) >= 11 is 6.72. The molecule has 1 fully saturated rings. The van der Waals surface area contributed by atoms with Crippen LogP contribution in [0.1, 0.15) is 85.8 Å². The molecule has 10 heteroatoms. The predicted octanol–water partition coefficient (Wildman–Crippen LogP) is 4.75. The zero-order valence-corrected chi connectivity index (χ0v) is 24.4. The molecule has 1 atom stereocenters. The van der Waals surface area contributed by atoms with E-state index in [1.165, 1.54) is 11.1 Å². The van der Waals surface area contributed by atoms with Gasteiger partial charge in [0, 0.05) is 83.9 Å². The summed E-state index contributed by atoms with van der Waals surface area (Å²) in [4.78, 5) is 45.0. The molecule has 0 radical (unpaired) electrons. The fourth-order valence-corrected chi connectivity index (χ4v) is 7.21. The maximum Gasteiger partial charge on any atom is 0.327 e. The third kappa shape index (κ3) is 4.41. The first kappa shape index (κ1) is 26.2. The first-order valence-corrected chi connectivity index (χ1v) is 14.8. The summed E-state index contributed by atoms with van der Waals surface area (Å²) in [5.74, 6) is 1.03. The number of aliphatic imine (C=N–C) groups is 1. The van der Waals surface area contributed by atoms with E-state index in [-0.39, 0.29) is 29.0 Å². The van der Waals surface area contributed by atoms with Crippen LogP contribution in [0.5, 0.6) is 0 Å². The van der Waals surface area contributed by atoms with Gasteiger partial charge in [0.1, 0.15) is 5.82 Å². The van der Waals surface area contributed by atoms with Crippen molar-refractivity contribution in [2.75, 3.05) is 13.1 Å². The second-order valence-electron chi connectivity index (χ2n) is 12.6. The molecule has 9 nitrogen and oxygen atoms in total. The monoisotopic (exact) mass is 571 g/mol. The van der Waals surface area contributed by atoms with Crippen molar-refractivity contribution in [1.29, 1.82) is 0 Å². The van der Waals surface area contributed by atoms with Gasteiger partial charge in [-0.25, -0.2) is 14.8 Å². The Labute approximate surface area is 243 Å². The number of carbonyl (C=O) groups is 1. The maximum atomic E-state index is 13.8. The molecule has 0 unspecified atom stereocenters. The van der Waals surface area contributed by atoms with Gasteiger partial charge < -0.3 is 9.47 Å². The van der Waals surface area contributed by atoms with Gasteiger partial charge in [0.25, 0.3) is 0 Å². The number of hydrogen-bond donors (Lipinski definition) is 1. The standard InChI is InChI=1S/C31H34ClN7O2/c1-31(2,3)26-16-35-29-19(11-18-12-24(32)22-15-33-14-21(22)23(18)17-38(26)29)13-27(40)37-9-6-20(7-10-37)39-25-5-4-8-34-28(25)36-30(39)41/h4-5,8,12,14,16,19-20H,6-7,9-11,13,15,17H2,1-3H3,(H,34,36,41)/t19-/m0/s1. The minimum atomic E-state index is -0.141. The fourth-order valence-electron chi connectivity index (χ4n) is 6.92. The molecule has 0 spiro atoms. The van der Waals surface area contributed by atoms with Crippen LogP contribution in [0, 0.1) is 0 Å². The van der Waals surface area contributed by atoms with E-state index < -0.39 is 0 Å². The highest BCUT2D eigenvalue weighted by Gasteiger charge is 2.34. The highest BCUT2D eigenvalue weighted by Crippen LogP contribution is 2.39. The number of amides is 1. The van der Waals surface area contributed by atoms with E-state index in [1.54, 1.807) is 6.20 Å². The van der Waals surface area contributed by atoms with Gasteiger partial charge in [-0.1, -0.05) is 32.4 Å². The molecule has 0 aliphatic carbocycles. The average molecular weight is 572 g/mol. The first-order chi connectivity index (χ1) is 19.7. The lowest BCUT2D eigenvalue weighted by Crippen LogP contribution is -2.41. The van der Waals surface area contributed by atoms with Gasteiger partial charge in [-0.05, 0) is 48.6 Å². The Kier molecular flexibility index (Phi) is 6.19. The largest absolute Gasteiger partial charge is 0.343 e. The van der Waals surface area contributed by atoms with Crippen LogP contribution in [-0.4, -0.2) is 54.2 Å². The number of fused-ring (bicyclic) bond motifs is 5. The van der Waals surface area contributed by atoms with Crippen LogP contribution in [-0.2, 0) is 29.7 Å². The number of hydrogen-bond acceptors (Lipinski definition) is 5. The number of aromatic nitrogens is 5. The normalized spacial score (nSPS) is 18.8. The molecule has 1 N–H and O–H groups in total. The van der Waals surface area contributed by atoms with E-state index in [4.69, 9.17) is 16.6 Å². The highest BCUT2D eigenvalue weighted by molar-refractivity contribution is 6.32. The van der Waals surface area contributed by atoms with Crippen molar-refractivity contribution < 1.29 is 4.79 Å². The molecule has 41 heavy (non-hydrogen) atoms. The fraction of sp³-hybridized carbons (Fsp3) is 0.452. The van der Waals surface area contributed by atoms with Crippen LogP contribution >= 0.6 is 11.6 Å². The number of imidazole rings is 2. The van der Waals surface area contributed by atoms with E-state index >= 15 is 0 Å². The number of likely N-dealkylation sites (tertiary alicyclic amines) is 1. The summed E-state index contributed by atoms with van der Waals surface area (Å²) in [5, 5.41) is 0.752. The smallest absolute Gasteiger partial charge is 0.327 e. The number of carbonyl (C=O) groups excluding carboxylic acids is 1. The van der Waals surface area contributed by atoms with E-state index in [0.717, 1.165) is 46.0 Å². The molecule has 7 rings (SSSR count). The highest BCUT2D eigenvalue weighted by atomic mass is 35.5. The lowest BCUT2D eigenvalue weighted by molar-refractivity contribution is -0.133. The molecule has 4 aromatic rings. The Morgan fingerprint density at radius 1 is 1.17 bits per heavy atom. The second kappa shape index (κ2) is 9.69. The van der Waals surface area contributed by atoms with Crippen LogP contribution in [0.25, 0.3) is 11.2 Å². The SMILES string of the molecule is CC(C)(C)c1cnc2n1Cc1c(cc(Cl)c3c1C=NC3)C[C@H]2CC(=O)N1CCC(n2c(=O)[nH]c3ncccc32)CC1. The first-order valence-electron chi connectivity index (χ1n) is 14.4. The number of nitrogens with zero attached hydrogens (tertiary/aromatic N) is 6. The molecule has 1 amide bonds. The Hall–Kier alpha value is -3.72. The molecule has 0 saturated carbocycles. The molecular weight excluding hydrogens is 538 g/mol. The number of rotatable bonds is 3. The third-order valence-corrected chi connectivity index (χ3v) is 9.33. The van der Waals surface area contributed by atoms with Gasteiger partial charge in [0.05, 0.1) is 12.1 Å². The zero-order valence-electron chi connectivity index (χ0n) is 23.7. The Morgan fingerprint density at radius 3 is 2.76 bits per heavy atom. The van der Waals surface area contributed by atoms with E-state index in [0.29, 0.717) is 44.7 Å². The summed E-state index contributed by atoms with van der Waals surface area (Å²) in [6.45, 7) is 9.16. The lowest BCUT2D eigenvalue weighted by atomic mass is 9.90. The van der Waals surface area contributed by atoms with Crippen molar-refractivity contribution >= 4 is 34.9 Å². The number of H-pyrrole nitrogens is 1. The summed E-state index contributed by atoms with van der Waals surface area (Å²) in [6.07, 6.45) is 8.16. The molecule has 3 aliphatic heterocycles. The average Bonchev–Trinajstić information content (AvgIpc) is 3.65. The summed E-state index contributed by atoms with van der Waals surface area (Å²) < 4.78 is 4.14. The zero-order chi connectivity index (χ0) is 28.5. The number of nitrogens with one attached hydrogen (secondary N) is 1.